The van der Waals surface area contributed by atoms with Crippen molar-refractivity contribution in [3.8, 4) is 0 Å². The first kappa shape index (κ1) is 13.1. The monoisotopic (exact) mass is 280 g/mol. The van der Waals surface area contributed by atoms with Crippen LogP contribution in [0.5, 0.6) is 0 Å². The van der Waals surface area contributed by atoms with E-state index >= 15 is 0 Å². The molecule has 0 saturated heterocycles. The average Bonchev–Trinajstić information content (AvgIpc) is 2.72. The lowest BCUT2D eigenvalue weighted by Crippen LogP contribution is -2.28. The van der Waals surface area contributed by atoms with Gasteiger partial charge in [0.15, 0.2) is 0 Å². The highest BCUT2D eigenvalue weighted by molar-refractivity contribution is 7.21. The topological polar surface area (TPSA) is 120 Å². The van der Waals surface area contributed by atoms with E-state index in [1.165, 1.54) is 11.3 Å². The van der Waals surface area contributed by atoms with Crippen LogP contribution >= 0.6 is 11.3 Å². The Bertz CT molecular complexity index is 625. The number of pyridine rings is 1. The van der Waals surface area contributed by atoms with Crippen LogP contribution in [0, 0.1) is 0 Å². The molecule has 0 radical (unpaired) electrons. The summed E-state index contributed by atoms with van der Waals surface area (Å²) in [5.41, 5.74) is 11.1. The number of nitrogens with two attached hydrogens (primary N) is 2. The molecule has 0 aliphatic carbocycles. The summed E-state index contributed by atoms with van der Waals surface area (Å²) in [4.78, 5) is 27.5. The van der Waals surface area contributed by atoms with Crippen LogP contribution in [-0.4, -0.2) is 30.1 Å². The molecule has 2 aromatic rings. The molecule has 0 bridgehead atoms. The Morgan fingerprint density at radius 3 is 2.95 bits per heavy atom. The molecule has 5 N–H and O–H groups in total. The molecule has 2 heterocycles. The number of hydrogen-bond donors (Lipinski definition) is 3. The quantitative estimate of drug-likeness (QED) is 0.712. The summed E-state index contributed by atoms with van der Waals surface area (Å²) >= 11 is 1.22. The van der Waals surface area contributed by atoms with E-state index in [2.05, 4.69) is 15.0 Å². The Morgan fingerprint density at radius 2 is 2.26 bits per heavy atom. The maximum absolute atomic E-state index is 11.9. The standard InChI is InChI=1S/C11H12N4O3S/c12-7-6-2-1-3-15-10(6)19-8(7)9(16)14-4-5-18-11(13)17/h1-3H,4-5,12H2,(H2,13,17)(H,14,16). The van der Waals surface area contributed by atoms with E-state index in [0.29, 0.717) is 15.4 Å². The second kappa shape index (κ2) is 5.53. The van der Waals surface area contributed by atoms with Gasteiger partial charge in [0.05, 0.1) is 12.2 Å². The number of nitrogens with zero attached hydrogens (tertiary/aromatic N) is 1. The fraction of sp³-hybridized carbons (Fsp3) is 0.182. The molecule has 0 aromatic carbocycles. The normalized spacial score (nSPS) is 10.3. The molecule has 8 heteroatoms. The van der Waals surface area contributed by atoms with Crippen LogP contribution in [0.3, 0.4) is 0 Å². The van der Waals surface area contributed by atoms with Gasteiger partial charge in [-0.25, -0.2) is 9.78 Å². The predicted octanol–water partition coefficient (Wildman–Crippen LogP) is 0.704. The molecule has 0 unspecified atom stereocenters. The zero-order valence-electron chi connectivity index (χ0n) is 9.88. The van der Waals surface area contributed by atoms with Crippen LogP contribution in [0.2, 0.25) is 0 Å². The van der Waals surface area contributed by atoms with Crippen LogP contribution in [-0.2, 0) is 4.74 Å². The van der Waals surface area contributed by atoms with Crippen LogP contribution in [0.1, 0.15) is 9.67 Å². The Morgan fingerprint density at radius 1 is 1.47 bits per heavy atom. The fourth-order valence-electron chi connectivity index (χ4n) is 1.52. The van der Waals surface area contributed by atoms with Gasteiger partial charge in [-0.3, -0.25) is 4.79 Å². The zero-order chi connectivity index (χ0) is 13.8. The van der Waals surface area contributed by atoms with Crippen LogP contribution < -0.4 is 16.8 Å². The van der Waals surface area contributed by atoms with Gasteiger partial charge in [-0.05, 0) is 12.1 Å². The van der Waals surface area contributed by atoms with Crippen molar-refractivity contribution in [2.24, 2.45) is 5.73 Å². The highest BCUT2D eigenvalue weighted by Crippen LogP contribution is 2.31. The summed E-state index contributed by atoms with van der Waals surface area (Å²) in [6.07, 6.45) is 0.764. The molecular formula is C11H12N4O3S. The number of aromatic nitrogens is 1. The lowest BCUT2D eigenvalue weighted by atomic mass is 10.2. The Kier molecular flexibility index (Phi) is 3.81. The maximum atomic E-state index is 11.9. The van der Waals surface area contributed by atoms with Gasteiger partial charge in [0, 0.05) is 11.6 Å². The van der Waals surface area contributed by atoms with Crippen molar-refractivity contribution in [3.05, 3.63) is 23.2 Å². The number of carbonyl (C=O) groups is 2. The second-order valence-electron chi connectivity index (χ2n) is 3.62. The van der Waals surface area contributed by atoms with Gasteiger partial charge >= 0.3 is 6.09 Å². The maximum Gasteiger partial charge on any atom is 0.404 e. The molecule has 19 heavy (non-hydrogen) atoms. The molecule has 0 aliphatic heterocycles. The molecule has 100 valence electrons. The molecule has 0 saturated carbocycles. The van der Waals surface area contributed by atoms with E-state index in [0.717, 1.165) is 5.39 Å². The largest absolute Gasteiger partial charge is 0.448 e. The summed E-state index contributed by atoms with van der Waals surface area (Å²) in [5, 5.41) is 3.34. The van der Waals surface area contributed by atoms with E-state index in [9.17, 15) is 9.59 Å². The van der Waals surface area contributed by atoms with Gasteiger partial charge in [-0.2, -0.15) is 0 Å². The third kappa shape index (κ3) is 2.91. The lowest BCUT2D eigenvalue weighted by molar-refractivity contribution is 0.0941. The molecule has 2 aromatic heterocycles. The lowest BCUT2D eigenvalue weighted by Gasteiger charge is -2.04. The minimum absolute atomic E-state index is 0.0180. The zero-order valence-corrected chi connectivity index (χ0v) is 10.7. The van der Waals surface area contributed by atoms with Crippen molar-refractivity contribution in [2.75, 3.05) is 18.9 Å². The number of nitrogen functional groups attached to an aromatic ring is 1. The first-order valence-electron chi connectivity index (χ1n) is 5.43. The molecule has 0 spiro atoms. The van der Waals surface area contributed by atoms with Crippen molar-refractivity contribution >= 4 is 39.2 Å². The van der Waals surface area contributed by atoms with E-state index in [-0.39, 0.29) is 19.1 Å². The van der Waals surface area contributed by atoms with Crippen LogP contribution in [0.25, 0.3) is 10.2 Å². The van der Waals surface area contributed by atoms with Crippen LogP contribution in [0.15, 0.2) is 18.3 Å². The third-order valence-electron chi connectivity index (χ3n) is 2.34. The Hall–Kier alpha value is -2.35. The molecule has 0 fully saturated rings. The van der Waals surface area contributed by atoms with Gasteiger partial charge in [-0.1, -0.05) is 0 Å². The van der Waals surface area contributed by atoms with Gasteiger partial charge in [0.1, 0.15) is 16.3 Å². The van der Waals surface area contributed by atoms with Gasteiger partial charge < -0.3 is 21.5 Å². The summed E-state index contributed by atoms with van der Waals surface area (Å²) in [5.74, 6) is -0.325. The number of ether oxygens (including phenoxy) is 1. The smallest absolute Gasteiger partial charge is 0.404 e. The first-order chi connectivity index (χ1) is 9.09. The summed E-state index contributed by atoms with van der Waals surface area (Å²) in [6, 6.07) is 3.56. The fourth-order valence-corrected chi connectivity index (χ4v) is 2.50. The number of hydrogen-bond acceptors (Lipinski definition) is 6. The number of anilines is 1. The number of carbonyl (C=O) groups excluding carboxylic acids is 2. The SMILES string of the molecule is NC(=O)OCCNC(=O)c1sc2ncccc2c1N. The van der Waals surface area contributed by atoms with Gasteiger partial charge in [0.2, 0.25) is 0 Å². The number of fused-ring (bicyclic) bond motifs is 1. The summed E-state index contributed by atoms with van der Waals surface area (Å²) in [6.45, 7) is 0.188. The number of nitrogens with one attached hydrogen (secondary N) is 1. The highest BCUT2D eigenvalue weighted by atomic mass is 32.1. The van der Waals surface area contributed by atoms with Crippen molar-refractivity contribution < 1.29 is 14.3 Å². The van der Waals surface area contributed by atoms with Gasteiger partial charge in [-0.15, -0.1) is 11.3 Å². The molecule has 0 atom stereocenters. The van der Waals surface area contributed by atoms with Crippen molar-refractivity contribution in [2.45, 2.75) is 0 Å². The van der Waals surface area contributed by atoms with Crippen molar-refractivity contribution in [1.82, 2.24) is 10.3 Å². The van der Waals surface area contributed by atoms with E-state index in [4.69, 9.17) is 11.5 Å². The number of amides is 2. The minimum Gasteiger partial charge on any atom is -0.448 e. The highest BCUT2D eigenvalue weighted by Gasteiger charge is 2.16. The van der Waals surface area contributed by atoms with Crippen molar-refractivity contribution in [1.29, 1.82) is 0 Å². The third-order valence-corrected chi connectivity index (χ3v) is 3.47. The summed E-state index contributed by atoms with van der Waals surface area (Å²) in [7, 11) is 0. The number of rotatable bonds is 4. The molecule has 7 nitrogen and oxygen atoms in total. The van der Waals surface area contributed by atoms with Gasteiger partial charge in [0.25, 0.3) is 5.91 Å². The predicted molar refractivity (Wildman–Crippen MR) is 71.9 cm³/mol. The minimum atomic E-state index is -0.875. The van der Waals surface area contributed by atoms with Crippen molar-refractivity contribution in [3.63, 3.8) is 0 Å². The Balaban J connectivity index is 2.05. The second-order valence-corrected chi connectivity index (χ2v) is 4.62. The van der Waals surface area contributed by atoms with E-state index < -0.39 is 6.09 Å². The molecular weight excluding hydrogens is 268 g/mol. The molecule has 2 rings (SSSR count). The summed E-state index contributed by atoms with van der Waals surface area (Å²) < 4.78 is 4.50. The Labute approximate surface area is 112 Å². The first-order valence-corrected chi connectivity index (χ1v) is 6.24. The molecule has 0 aliphatic rings. The van der Waals surface area contributed by atoms with E-state index in [1.54, 1.807) is 18.3 Å². The molecule has 2 amide bonds. The van der Waals surface area contributed by atoms with E-state index in [1.807, 2.05) is 0 Å². The number of thiophene rings is 1. The average molecular weight is 280 g/mol. The number of primary amides is 1. The van der Waals surface area contributed by atoms with Crippen LogP contribution in [0.4, 0.5) is 10.5 Å².